The molecule has 0 unspecified atom stereocenters. The summed E-state index contributed by atoms with van der Waals surface area (Å²) < 4.78 is 7.67. The number of carbonyl (C=O) groups excluding carboxylic acids is 1. The largest absolute Gasteiger partial charge is 0.378 e. The van der Waals surface area contributed by atoms with Crippen molar-refractivity contribution in [2.75, 3.05) is 26.0 Å². The second-order valence-corrected chi connectivity index (χ2v) is 11.9. The summed E-state index contributed by atoms with van der Waals surface area (Å²) in [6.07, 6.45) is 6.84. The summed E-state index contributed by atoms with van der Waals surface area (Å²) in [6, 6.07) is 11.0. The lowest BCUT2D eigenvalue weighted by Gasteiger charge is -2.35. The Bertz CT molecular complexity index is 1350. The summed E-state index contributed by atoms with van der Waals surface area (Å²) in [5.41, 5.74) is 4.08. The number of amides is 1. The van der Waals surface area contributed by atoms with Gasteiger partial charge in [0.05, 0.1) is 24.8 Å². The fraction of sp³-hybridized carbons (Fsp3) is 0.533. The molecular formula is C30H40N4O3S. The molecule has 1 saturated heterocycles. The zero-order chi connectivity index (χ0) is 26.8. The summed E-state index contributed by atoms with van der Waals surface area (Å²) in [6.45, 7) is 9.24. The Kier molecular flexibility index (Phi) is 8.31. The summed E-state index contributed by atoms with van der Waals surface area (Å²) >= 11 is 1.52. The number of H-pyrrole nitrogens is 1. The fourth-order valence-corrected chi connectivity index (χ4v) is 6.97. The number of nitrogens with one attached hydrogen (secondary N) is 3. The zero-order valence-electron chi connectivity index (χ0n) is 22.9. The van der Waals surface area contributed by atoms with Gasteiger partial charge in [0.25, 0.3) is 11.5 Å². The molecular weight excluding hydrogens is 496 g/mol. The average Bonchev–Trinajstić information content (AvgIpc) is 3.18. The lowest BCUT2D eigenvalue weighted by Crippen LogP contribution is -2.47. The number of aromatic nitrogens is 2. The first-order chi connectivity index (χ1) is 18.4. The molecule has 204 valence electrons. The topological polar surface area (TPSA) is 88.2 Å². The van der Waals surface area contributed by atoms with E-state index in [0.717, 1.165) is 52.9 Å². The Morgan fingerprint density at radius 3 is 2.61 bits per heavy atom. The van der Waals surface area contributed by atoms with Gasteiger partial charge >= 0.3 is 0 Å². The molecule has 8 heteroatoms. The van der Waals surface area contributed by atoms with Gasteiger partial charge in [0.15, 0.2) is 0 Å². The van der Waals surface area contributed by atoms with Gasteiger partial charge in [0, 0.05) is 45.3 Å². The molecule has 1 aliphatic heterocycles. The van der Waals surface area contributed by atoms with Crippen molar-refractivity contribution in [3.8, 4) is 0 Å². The van der Waals surface area contributed by atoms with Gasteiger partial charge in [0.2, 0.25) is 0 Å². The Balaban J connectivity index is 1.33. The van der Waals surface area contributed by atoms with E-state index in [1.807, 2.05) is 31.4 Å². The molecule has 2 aliphatic rings. The number of pyridine rings is 1. The molecule has 1 atom stereocenters. The van der Waals surface area contributed by atoms with Gasteiger partial charge in [-0.1, -0.05) is 18.2 Å². The minimum absolute atomic E-state index is 0.133. The molecule has 1 aliphatic carbocycles. The van der Waals surface area contributed by atoms with Crippen LogP contribution in [0.3, 0.4) is 0 Å². The van der Waals surface area contributed by atoms with E-state index < -0.39 is 0 Å². The van der Waals surface area contributed by atoms with Crippen molar-refractivity contribution in [2.45, 2.75) is 70.0 Å². The van der Waals surface area contributed by atoms with Crippen molar-refractivity contribution in [3.05, 3.63) is 63.2 Å². The fourth-order valence-electron chi connectivity index (χ4n) is 6.27. The Labute approximate surface area is 229 Å². The van der Waals surface area contributed by atoms with E-state index in [0.29, 0.717) is 29.1 Å². The first-order valence-electron chi connectivity index (χ1n) is 13.8. The number of carbonyl (C=O) groups is 1. The van der Waals surface area contributed by atoms with Crippen LogP contribution in [0.15, 0.2) is 40.0 Å². The van der Waals surface area contributed by atoms with Crippen molar-refractivity contribution in [1.82, 2.24) is 20.2 Å². The molecule has 2 aromatic heterocycles. The molecule has 1 amide bonds. The number of thioether (sulfide) groups is 1. The summed E-state index contributed by atoms with van der Waals surface area (Å²) in [5, 5.41) is 7.68. The highest BCUT2D eigenvalue weighted by Crippen LogP contribution is 2.39. The van der Waals surface area contributed by atoms with Crippen molar-refractivity contribution in [3.63, 3.8) is 0 Å². The molecule has 0 spiro atoms. The third-order valence-electron chi connectivity index (χ3n) is 8.57. The third-order valence-corrected chi connectivity index (χ3v) is 9.38. The predicted octanol–water partition coefficient (Wildman–Crippen LogP) is 4.95. The van der Waals surface area contributed by atoms with Crippen LogP contribution in [0.4, 0.5) is 0 Å². The maximum absolute atomic E-state index is 13.6. The van der Waals surface area contributed by atoms with Crippen molar-refractivity contribution in [1.29, 1.82) is 0 Å². The number of ether oxygens (including phenoxy) is 1. The number of hydrogen-bond acceptors (Lipinski definition) is 5. The first-order valence-corrected chi connectivity index (χ1v) is 15.1. The highest BCUT2D eigenvalue weighted by molar-refractivity contribution is 7.98. The SMILES string of the molecule is CSc1cc(C)[nH]c(=O)c1CNC(=O)c1c(C)n([C@H](C)[C@H]2CC[C@@H](CNC3COC3)CC2)c2ccccc12. The second kappa shape index (κ2) is 11.7. The lowest BCUT2D eigenvalue weighted by atomic mass is 9.78. The second-order valence-electron chi connectivity index (χ2n) is 11.0. The Morgan fingerprint density at radius 1 is 1.18 bits per heavy atom. The van der Waals surface area contributed by atoms with E-state index in [4.69, 9.17) is 4.74 Å². The van der Waals surface area contributed by atoms with Crippen molar-refractivity contribution in [2.24, 2.45) is 11.8 Å². The number of nitrogens with zero attached hydrogens (tertiary/aromatic N) is 1. The van der Waals surface area contributed by atoms with Gasteiger partial charge in [-0.2, -0.15) is 0 Å². The zero-order valence-corrected chi connectivity index (χ0v) is 23.7. The van der Waals surface area contributed by atoms with Gasteiger partial charge in [-0.25, -0.2) is 0 Å². The standard InChI is InChI=1S/C30H40N4O3S/c1-18-13-27(38-4)25(29(35)33-18)15-32-30(36)28-20(3)34(26-8-6-5-7-24(26)28)19(2)22-11-9-21(10-12-22)14-31-23-16-37-17-23/h5-8,13,19,21-23,31H,9-12,14-17H2,1-4H3,(H,32,36)(H,33,35)/t19-,21-,22+/m1/s1. The molecule has 7 nitrogen and oxygen atoms in total. The number of para-hydroxylation sites is 1. The first kappa shape index (κ1) is 27.0. The molecule has 5 rings (SSSR count). The number of aryl methyl sites for hydroxylation is 1. The van der Waals surface area contributed by atoms with E-state index in [-0.39, 0.29) is 18.0 Å². The van der Waals surface area contributed by atoms with Crippen LogP contribution in [0, 0.1) is 25.7 Å². The predicted molar refractivity (Wildman–Crippen MR) is 154 cm³/mol. The monoisotopic (exact) mass is 536 g/mol. The van der Waals surface area contributed by atoms with Gasteiger partial charge in [-0.05, 0) is 83.2 Å². The van der Waals surface area contributed by atoms with Crippen LogP contribution < -0.4 is 16.2 Å². The molecule has 3 aromatic rings. The molecule has 1 aromatic carbocycles. The smallest absolute Gasteiger partial charge is 0.254 e. The van der Waals surface area contributed by atoms with Crippen LogP contribution in [-0.2, 0) is 11.3 Å². The van der Waals surface area contributed by atoms with E-state index in [2.05, 4.69) is 46.2 Å². The number of fused-ring (bicyclic) bond motifs is 1. The van der Waals surface area contributed by atoms with Crippen LogP contribution in [0.2, 0.25) is 0 Å². The molecule has 0 radical (unpaired) electrons. The quantitative estimate of drug-likeness (QED) is 0.337. The minimum atomic E-state index is -0.144. The minimum Gasteiger partial charge on any atom is -0.378 e. The molecule has 2 fully saturated rings. The maximum atomic E-state index is 13.6. The highest BCUT2D eigenvalue weighted by Gasteiger charge is 2.30. The number of hydrogen-bond donors (Lipinski definition) is 3. The van der Waals surface area contributed by atoms with Gasteiger partial charge in [-0.15, -0.1) is 11.8 Å². The van der Waals surface area contributed by atoms with E-state index >= 15 is 0 Å². The van der Waals surface area contributed by atoms with Crippen LogP contribution in [-0.4, -0.2) is 47.5 Å². The molecule has 1 saturated carbocycles. The van der Waals surface area contributed by atoms with Gasteiger partial charge < -0.3 is 24.9 Å². The lowest BCUT2D eigenvalue weighted by molar-refractivity contribution is -0.00743. The van der Waals surface area contributed by atoms with Crippen LogP contribution in [0.5, 0.6) is 0 Å². The van der Waals surface area contributed by atoms with E-state index in [1.54, 1.807) is 0 Å². The molecule has 38 heavy (non-hydrogen) atoms. The van der Waals surface area contributed by atoms with Crippen LogP contribution in [0.1, 0.15) is 66.0 Å². The van der Waals surface area contributed by atoms with E-state index in [9.17, 15) is 9.59 Å². The molecule has 3 N–H and O–H groups in total. The molecule has 3 heterocycles. The average molecular weight is 537 g/mol. The van der Waals surface area contributed by atoms with Crippen molar-refractivity contribution >= 4 is 28.6 Å². The van der Waals surface area contributed by atoms with Crippen molar-refractivity contribution < 1.29 is 9.53 Å². The summed E-state index contributed by atoms with van der Waals surface area (Å²) in [7, 11) is 0. The van der Waals surface area contributed by atoms with Crippen LogP contribution in [0.25, 0.3) is 10.9 Å². The van der Waals surface area contributed by atoms with Crippen LogP contribution >= 0.6 is 11.8 Å². The highest BCUT2D eigenvalue weighted by atomic mass is 32.2. The maximum Gasteiger partial charge on any atom is 0.254 e. The van der Waals surface area contributed by atoms with E-state index in [1.165, 1.54) is 37.4 Å². The number of aromatic amines is 1. The summed E-state index contributed by atoms with van der Waals surface area (Å²) in [4.78, 5) is 29.9. The summed E-state index contributed by atoms with van der Waals surface area (Å²) in [5.74, 6) is 1.18. The normalized spacial score (nSPS) is 20.8. The Hall–Kier alpha value is -2.55. The van der Waals surface area contributed by atoms with Gasteiger partial charge in [0.1, 0.15) is 0 Å². The molecule has 0 bridgehead atoms. The number of benzene rings is 1. The Morgan fingerprint density at radius 2 is 1.92 bits per heavy atom. The third kappa shape index (κ3) is 5.44. The van der Waals surface area contributed by atoms with Gasteiger partial charge in [-0.3, -0.25) is 9.59 Å². The number of rotatable bonds is 9.